The molecule has 23 heavy (non-hydrogen) atoms. The van der Waals surface area contributed by atoms with Gasteiger partial charge in [-0.15, -0.1) is 0 Å². The average Bonchev–Trinajstić information content (AvgIpc) is 2.56. The molecule has 0 aromatic heterocycles. The third kappa shape index (κ3) is 4.74. The Morgan fingerprint density at radius 1 is 0.913 bits per heavy atom. The quantitative estimate of drug-likeness (QED) is 0.822. The van der Waals surface area contributed by atoms with Crippen LogP contribution in [-0.2, 0) is 17.8 Å². The Kier molecular flexibility index (Phi) is 5.63. The van der Waals surface area contributed by atoms with E-state index in [4.69, 9.17) is 4.74 Å². The lowest BCUT2D eigenvalue weighted by Crippen LogP contribution is -2.27. The van der Waals surface area contributed by atoms with Gasteiger partial charge in [-0.1, -0.05) is 24.3 Å². The van der Waals surface area contributed by atoms with Crippen LogP contribution >= 0.6 is 0 Å². The molecule has 0 aliphatic rings. The molecule has 0 radical (unpaired) electrons. The lowest BCUT2D eigenvalue weighted by Gasteiger charge is -2.18. The van der Waals surface area contributed by atoms with Crippen LogP contribution in [0.25, 0.3) is 0 Å². The van der Waals surface area contributed by atoms with Gasteiger partial charge in [0.05, 0.1) is 13.5 Å². The number of methoxy groups -OCH3 is 1. The Morgan fingerprint density at radius 3 is 2.00 bits per heavy atom. The second kappa shape index (κ2) is 7.68. The van der Waals surface area contributed by atoms with Gasteiger partial charge in [0.1, 0.15) is 5.75 Å². The molecule has 0 aliphatic carbocycles. The van der Waals surface area contributed by atoms with Crippen LogP contribution in [0.1, 0.15) is 11.1 Å². The molecule has 2 aromatic carbocycles. The average molecular weight is 312 g/mol. The van der Waals surface area contributed by atoms with Crippen molar-refractivity contribution in [3.8, 4) is 5.75 Å². The standard InChI is InChI=1S/C19H24N2O2/c1-20(2)17-9-5-16(6-10-17)14-21(3)19(22)13-15-7-11-18(23-4)12-8-15/h5-12H,13-14H2,1-4H3. The molecule has 2 aromatic rings. The zero-order valence-electron chi connectivity index (χ0n) is 14.2. The normalized spacial score (nSPS) is 10.3. The topological polar surface area (TPSA) is 32.8 Å². The van der Waals surface area contributed by atoms with Crippen LogP contribution < -0.4 is 9.64 Å². The van der Waals surface area contributed by atoms with Crippen molar-refractivity contribution in [2.75, 3.05) is 33.2 Å². The summed E-state index contributed by atoms with van der Waals surface area (Å²) in [6.07, 6.45) is 0.399. The Morgan fingerprint density at radius 2 is 1.48 bits per heavy atom. The Bertz CT molecular complexity index is 633. The summed E-state index contributed by atoms with van der Waals surface area (Å²) < 4.78 is 5.13. The number of nitrogens with zero attached hydrogens (tertiary/aromatic N) is 2. The van der Waals surface area contributed by atoms with E-state index in [2.05, 4.69) is 29.2 Å². The lowest BCUT2D eigenvalue weighted by atomic mass is 10.1. The van der Waals surface area contributed by atoms with Gasteiger partial charge >= 0.3 is 0 Å². The first-order chi connectivity index (χ1) is 11.0. The number of rotatable bonds is 6. The number of ether oxygens (including phenoxy) is 1. The van der Waals surface area contributed by atoms with Gasteiger partial charge in [0.2, 0.25) is 5.91 Å². The molecule has 0 atom stereocenters. The van der Waals surface area contributed by atoms with Gasteiger partial charge in [-0.25, -0.2) is 0 Å². The van der Waals surface area contributed by atoms with Gasteiger partial charge in [-0.3, -0.25) is 4.79 Å². The first-order valence-corrected chi connectivity index (χ1v) is 7.62. The fourth-order valence-corrected chi connectivity index (χ4v) is 2.31. The van der Waals surface area contributed by atoms with Crippen molar-refractivity contribution in [2.24, 2.45) is 0 Å². The zero-order valence-corrected chi connectivity index (χ0v) is 14.2. The van der Waals surface area contributed by atoms with E-state index in [0.717, 1.165) is 22.6 Å². The molecule has 0 heterocycles. The molecule has 0 spiro atoms. The summed E-state index contributed by atoms with van der Waals surface area (Å²) in [6, 6.07) is 15.9. The van der Waals surface area contributed by atoms with Crippen molar-refractivity contribution in [3.05, 3.63) is 59.7 Å². The molecule has 4 heteroatoms. The third-order valence-electron chi connectivity index (χ3n) is 3.81. The van der Waals surface area contributed by atoms with E-state index in [1.807, 2.05) is 45.4 Å². The summed E-state index contributed by atoms with van der Waals surface area (Å²) in [5, 5.41) is 0. The first-order valence-electron chi connectivity index (χ1n) is 7.62. The molecule has 0 saturated heterocycles. The second-order valence-corrected chi connectivity index (χ2v) is 5.84. The number of hydrogen-bond donors (Lipinski definition) is 0. The Hall–Kier alpha value is -2.49. The minimum Gasteiger partial charge on any atom is -0.497 e. The molecular formula is C19H24N2O2. The highest BCUT2D eigenvalue weighted by atomic mass is 16.5. The summed E-state index contributed by atoms with van der Waals surface area (Å²) in [5.41, 5.74) is 3.27. The van der Waals surface area contributed by atoms with Gasteiger partial charge < -0.3 is 14.5 Å². The molecule has 1 amide bonds. The summed E-state index contributed by atoms with van der Waals surface area (Å²) in [5.74, 6) is 0.905. The molecule has 0 unspecified atom stereocenters. The summed E-state index contributed by atoms with van der Waals surface area (Å²) in [7, 11) is 7.50. The van der Waals surface area contributed by atoms with Gasteiger partial charge in [0, 0.05) is 33.4 Å². The third-order valence-corrected chi connectivity index (χ3v) is 3.81. The van der Waals surface area contributed by atoms with Crippen molar-refractivity contribution < 1.29 is 9.53 Å². The highest BCUT2D eigenvalue weighted by molar-refractivity contribution is 5.78. The van der Waals surface area contributed by atoms with E-state index < -0.39 is 0 Å². The van der Waals surface area contributed by atoms with Gasteiger partial charge in [0.25, 0.3) is 0 Å². The van der Waals surface area contributed by atoms with Crippen molar-refractivity contribution >= 4 is 11.6 Å². The maximum Gasteiger partial charge on any atom is 0.227 e. The molecule has 0 saturated carbocycles. The van der Waals surface area contributed by atoms with Crippen LogP contribution in [0.5, 0.6) is 5.75 Å². The number of carbonyl (C=O) groups excluding carboxylic acids is 1. The molecule has 122 valence electrons. The maximum absolute atomic E-state index is 12.3. The number of amides is 1. The highest BCUT2D eigenvalue weighted by Gasteiger charge is 2.10. The van der Waals surface area contributed by atoms with Crippen LogP contribution in [0.3, 0.4) is 0 Å². The lowest BCUT2D eigenvalue weighted by molar-refractivity contribution is -0.129. The smallest absolute Gasteiger partial charge is 0.227 e. The number of benzene rings is 2. The van der Waals surface area contributed by atoms with Crippen LogP contribution in [0.4, 0.5) is 5.69 Å². The predicted molar refractivity (Wildman–Crippen MR) is 93.9 cm³/mol. The van der Waals surface area contributed by atoms with Crippen molar-refractivity contribution in [1.29, 1.82) is 0 Å². The second-order valence-electron chi connectivity index (χ2n) is 5.84. The molecule has 4 nitrogen and oxygen atoms in total. The largest absolute Gasteiger partial charge is 0.497 e. The van der Waals surface area contributed by atoms with E-state index in [0.29, 0.717) is 13.0 Å². The fraction of sp³-hybridized carbons (Fsp3) is 0.316. The number of likely N-dealkylation sites (N-methyl/N-ethyl adjacent to an activating group) is 1. The summed E-state index contributed by atoms with van der Waals surface area (Å²) >= 11 is 0. The highest BCUT2D eigenvalue weighted by Crippen LogP contribution is 2.15. The minimum atomic E-state index is 0.104. The molecule has 0 fully saturated rings. The molecule has 0 N–H and O–H groups in total. The fourth-order valence-electron chi connectivity index (χ4n) is 2.31. The SMILES string of the molecule is COc1ccc(CC(=O)N(C)Cc2ccc(N(C)C)cc2)cc1. The molecule has 0 bridgehead atoms. The van der Waals surface area contributed by atoms with Crippen molar-refractivity contribution in [1.82, 2.24) is 4.90 Å². The first kappa shape index (κ1) is 16.9. The van der Waals surface area contributed by atoms with Crippen LogP contribution in [0.15, 0.2) is 48.5 Å². The van der Waals surface area contributed by atoms with E-state index in [9.17, 15) is 4.79 Å². The van der Waals surface area contributed by atoms with Crippen molar-refractivity contribution in [2.45, 2.75) is 13.0 Å². The van der Waals surface area contributed by atoms with Crippen LogP contribution in [0.2, 0.25) is 0 Å². The van der Waals surface area contributed by atoms with Crippen LogP contribution in [0, 0.1) is 0 Å². The molecule has 2 rings (SSSR count). The van der Waals surface area contributed by atoms with E-state index in [1.54, 1.807) is 12.0 Å². The van der Waals surface area contributed by atoms with Crippen molar-refractivity contribution in [3.63, 3.8) is 0 Å². The maximum atomic E-state index is 12.3. The van der Waals surface area contributed by atoms with Gasteiger partial charge in [0.15, 0.2) is 0 Å². The number of carbonyl (C=O) groups is 1. The van der Waals surface area contributed by atoms with E-state index >= 15 is 0 Å². The summed E-state index contributed by atoms with van der Waals surface area (Å²) in [6.45, 7) is 0.614. The number of anilines is 1. The number of hydrogen-bond acceptors (Lipinski definition) is 3. The molecule has 0 aliphatic heterocycles. The predicted octanol–water partition coefficient (Wildman–Crippen LogP) is 2.96. The van der Waals surface area contributed by atoms with Gasteiger partial charge in [-0.05, 0) is 35.4 Å². The van der Waals surface area contributed by atoms with E-state index in [-0.39, 0.29) is 5.91 Å². The summed E-state index contributed by atoms with van der Waals surface area (Å²) in [4.78, 5) is 16.1. The van der Waals surface area contributed by atoms with E-state index in [1.165, 1.54) is 0 Å². The zero-order chi connectivity index (χ0) is 16.8. The Labute approximate surface area is 138 Å². The molecular weight excluding hydrogens is 288 g/mol. The van der Waals surface area contributed by atoms with Gasteiger partial charge in [-0.2, -0.15) is 0 Å². The Balaban J connectivity index is 1.93. The monoisotopic (exact) mass is 312 g/mol. The van der Waals surface area contributed by atoms with Crippen LogP contribution in [-0.4, -0.2) is 39.1 Å². The minimum absolute atomic E-state index is 0.104.